The van der Waals surface area contributed by atoms with Crippen LogP contribution in [0.4, 0.5) is 0 Å². The number of hydrogen-bond acceptors (Lipinski definition) is 2. The third kappa shape index (κ3) is 3.70. The zero-order valence-corrected chi connectivity index (χ0v) is 15.6. The lowest BCUT2D eigenvalue weighted by molar-refractivity contribution is -0.0178. The molecule has 132 valence electrons. The molecule has 2 atom stereocenters. The van der Waals surface area contributed by atoms with Crippen molar-refractivity contribution in [2.45, 2.75) is 31.8 Å². The minimum Gasteiger partial charge on any atom is -0.380 e. The molecule has 25 heavy (non-hydrogen) atoms. The van der Waals surface area contributed by atoms with Crippen molar-refractivity contribution in [2.24, 2.45) is 5.92 Å². The lowest BCUT2D eigenvalue weighted by atomic mass is 9.67. The van der Waals surface area contributed by atoms with Crippen molar-refractivity contribution in [1.82, 2.24) is 4.90 Å². The van der Waals surface area contributed by atoms with Crippen molar-refractivity contribution < 1.29 is 5.11 Å². The number of rotatable bonds is 4. The van der Waals surface area contributed by atoms with Gasteiger partial charge in [0.1, 0.15) is 5.60 Å². The summed E-state index contributed by atoms with van der Waals surface area (Å²) in [7, 11) is 4.18. The predicted octanol–water partition coefficient (Wildman–Crippen LogP) is 4.63. The van der Waals surface area contributed by atoms with E-state index in [-0.39, 0.29) is 5.92 Å². The van der Waals surface area contributed by atoms with Gasteiger partial charge in [-0.2, -0.15) is 0 Å². The molecule has 0 amide bonds. The van der Waals surface area contributed by atoms with Crippen LogP contribution in [0, 0.1) is 12.8 Å². The van der Waals surface area contributed by atoms with E-state index in [9.17, 15) is 5.11 Å². The Labute approximate surface area is 151 Å². The van der Waals surface area contributed by atoms with Crippen molar-refractivity contribution in [1.29, 1.82) is 0 Å². The summed E-state index contributed by atoms with van der Waals surface area (Å²) in [6, 6.07) is 18.7. The summed E-state index contributed by atoms with van der Waals surface area (Å²) in [5, 5.41) is 12.1. The molecule has 2 heteroatoms. The third-order valence-electron chi connectivity index (χ3n) is 5.36. The molecule has 0 heterocycles. The Morgan fingerprint density at radius 3 is 2.44 bits per heavy atom. The molecule has 2 aromatic rings. The lowest BCUT2D eigenvalue weighted by Gasteiger charge is -2.44. The number of hydrogen-bond donors (Lipinski definition) is 1. The van der Waals surface area contributed by atoms with Gasteiger partial charge >= 0.3 is 0 Å². The van der Waals surface area contributed by atoms with E-state index in [1.165, 1.54) is 0 Å². The van der Waals surface area contributed by atoms with Crippen LogP contribution < -0.4 is 0 Å². The summed E-state index contributed by atoms with van der Waals surface area (Å²) in [5.74, 6) is 0.201. The van der Waals surface area contributed by atoms with Gasteiger partial charge in [0.25, 0.3) is 0 Å². The monoisotopic (exact) mass is 335 g/mol. The Morgan fingerprint density at radius 2 is 1.76 bits per heavy atom. The Kier molecular flexibility index (Phi) is 5.41. The fourth-order valence-corrected chi connectivity index (χ4v) is 4.19. The topological polar surface area (TPSA) is 23.5 Å². The van der Waals surface area contributed by atoms with Gasteiger partial charge in [-0.1, -0.05) is 60.7 Å². The summed E-state index contributed by atoms with van der Waals surface area (Å²) >= 11 is 0. The number of benzene rings is 2. The van der Waals surface area contributed by atoms with E-state index in [2.05, 4.69) is 68.4 Å². The second kappa shape index (κ2) is 7.55. The summed E-state index contributed by atoms with van der Waals surface area (Å²) in [6.45, 7) is 2.99. The minimum atomic E-state index is -0.899. The second-order valence-corrected chi connectivity index (χ2v) is 7.51. The fourth-order valence-electron chi connectivity index (χ4n) is 4.19. The van der Waals surface area contributed by atoms with Crippen molar-refractivity contribution in [3.63, 3.8) is 0 Å². The zero-order valence-electron chi connectivity index (χ0n) is 15.6. The molecule has 0 saturated heterocycles. The van der Waals surface area contributed by atoms with Gasteiger partial charge in [0.15, 0.2) is 0 Å². The molecule has 3 rings (SSSR count). The Balaban J connectivity index is 2.12. The molecule has 1 fully saturated rings. The summed E-state index contributed by atoms with van der Waals surface area (Å²) in [4.78, 5) is 2.19. The maximum atomic E-state index is 12.1. The Morgan fingerprint density at radius 1 is 1.08 bits per heavy atom. The first-order chi connectivity index (χ1) is 12.0. The maximum Gasteiger partial charge on any atom is 0.115 e. The largest absolute Gasteiger partial charge is 0.380 e. The van der Waals surface area contributed by atoms with E-state index in [4.69, 9.17) is 0 Å². The first-order valence-electron chi connectivity index (χ1n) is 9.21. The molecular weight excluding hydrogens is 306 g/mol. The van der Waals surface area contributed by atoms with Gasteiger partial charge in [0, 0.05) is 12.5 Å². The van der Waals surface area contributed by atoms with Gasteiger partial charge in [0.05, 0.1) is 0 Å². The Bertz CT molecular complexity index is 735. The molecule has 2 unspecified atom stereocenters. The smallest absolute Gasteiger partial charge is 0.115 e. The first-order valence-corrected chi connectivity index (χ1v) is 9.21. The molecule has 1 N–H and O–H groups in total. The zero-order chi connectivity index (χ0) is 17.9. The van der Waals surface area contributed by atoms with E-state index in [0.717, 1.165) is 48.1 Å². The average molecular weight is 335 g/mol. The molecule has 0 radical (unpaired) electrons. The van der Waals surface area contributed by atoms with Crippen LogP contribution in [0.15, 0.2) is 60.2 Å². The van der Waals surface area contributed by atoms with E-state index in [0.29, 0.717) is 0 Å². The van der Waals surface area contributed by atoms with Crippen molar-refractivity contribution in [3.05, 3.63) is 76.9 Å². The Hall–Kier alpha value is -1.90. The van der Waals surface area contributed by atoms with Crippen LogP contribution in [0.2, 0.25) is 0 Å². The van der Waals surface area contributed by atoms with Gasteiger partial charge in [-0.25, -0.2) is 0 Å². The normalized spacial score (nSPS) is 25.5. The van der Waals surface area contributed by atoms with Crippen LogP contribution in [-0.2, 0) is 5.60 Å². The van der Waals surface area contributed by atoms with Crippen LogP contribution in [-0.4, -0.2) is 30.6 Å². The van der Waals surface area contributed by atoms with Crippen LogP contribution in [0.25, 0.3) is 6.08 Å². The van der Waals surface area contributed by atoms with Crippen LogP contribution in [0.5, 0.6) is 0 Å². The lowest BCUT2D eigenvalue weighted by Crippen LogP contribution is -2.45. The number of nitrogens with zero attached hydrogens (tertiary/aromatic N) is 1. The molecule has 2 aromatic carbocycles. The molecule has 1 aliphatic rings. The number of aliphatic hydroxyl groups is 1. The van der Waals surface area contributed by atoms with E-state index in [1.54, 1.807) is 0 Å². The van der Waals surface area contributed by atoms with Gasteiger partial charge in [-0.3, -0.25) is 0 Å². The van der Waals surface area contributed by atoms with Gasteiger partial charge < -0.3 is 10.0 Å². The van der Waals surface area contributed by atoms with Crippen molar-refractivity contribution in [2.75, 3.05) is 20.6 Å². The number of aryl methyl sites for hydroxylation is 1. The quantitative estimate of drug-likeness (QED) is 0.881. The minimum absolute atomic E-state index is 0.201. The molecule has 0 bridgehead atoms. The maximum absolute atomic E-state index is 12.1. The fraction of sp³-hybridized carbons (Fsp3) is 0.391. The van der Waals surface area contributed by atoms with Crippen molar-refractivity contribution >= 4 is 6.08 Å². The van der Waals surface area contributed by atoms with Crippen LogP contribution in [0.1, 0.15) is 36.0 Å². The molecule has 0 spiro atoms. The second-order valence-electron chi connectivity index (χ2n) is 7.51. The predicted molar refractivity (Wildman–Crippen MR) is 105 cm³/mol. The molecule has 1 aliphatic carbocycles. The molecule has 0 aliphatic heterocycles. The highest BCUT2D eigenvalue weighted by Crippen LogP contribution is 2.47. The molecule has 2 nitrogen and oxygen atoms in total. The highest BCUT2D eigenvalue weighted by molar-refractivity contribution is 5.58. The van der Waals surface area contributed by atoms with Crippen LogP contribution in [0.3, 0.4) is 0 Å². The average Bonchev–Trinajstić information content (AvgIpc) is 2.59. The summed E-state index contributed by atoms with van der Waals surface area (Å²) in [6.07, 6.45) is 5.33. The van der Waals surface area contributed by atoms with Gasteiger partial charge in [-0.05, 0) is 62.5 Å². The van der Waals surface area contributed by atoms with E-state index >= 15 is 0 Å². The van der Waals surface area contributed by atoms with Gasteiger partial charge in [-0.15, -0.1) is 0 Å². The highest BCUT2D eigenvalue weighted by atomic mass is 16.3. The summed E-state index contributed by atoms with van der Waals surface area (Å²) in [5.41, 5.74) is 3.63. The SMILES string of the molecule is Cc1ccccc1C1(O)C(=Cc2ccccc2)CCCC1CN(C)C. The van der Waals surface area contributed by atoms with Crippen molar-refractivity contribution in [3.8, 4) is 0 Å². The molecular formula is C23H29NO. The summed E-state index contributed by atoms with van der Waals surface area (Å²) < 4.78 is 0. The van der Waals surface area contributed by atoms with E-state index in [1.807, 2.05) is 18.2 Å². The standard InChI is InChI=1S/C23H29NO/c1-18-10-7-8-15-22(18)23(25)20(16-19-11-5-4-6-12-19)13-9-14-21(23)17-24(2)3/h4-8,10-12,15-16,21,25H,9,13-14,17H2,1-3H3. The van der Waals surface area contributed by atoms with E-state index < -0.39 is 5.60 Å². The molecule has 0 aromatic heterocycles. The highest BCUT2D eigenvalue weighted by Gasteiger charge is 2.44. The third-order valence-corrected chi connectivity index (χ3v) is 5.36. The van der Waals surface area contributed by atoms with Crippen LogP contribution >= 0.6 is 0 Å². The first kappa shape index (κ1) is 17.9. The van der Waals surface area contributed by atoms with Gasteiger partial charge in [0.2, 0.25) is 0 Å². The molecule has 1 saturated carbocycles.